The van der Waals surface area contributed by atoms with Gasteiger partial charge in [0.05, 0.1) is 6.61 Å². The van der Waals surface area contributed by atoms with E-state index < -0.39 is 10.0 Å². The van der Waals surface area contributed by atoms with Gasteiger partial charge in [-0.1, -0.05) is 12.8 Å². The number of sulfonamides is 1. The van der Waals surface area contributed by atoms with Crippen molar-refractivity contribution in [2.75, 3.05) is 7.05 Å². The van der Waals surface area contributed by atoms with E-state index in [1.54, 1.807) is 13.1 Å². The maximum Gasteiger partial charge on any atom is 0.252 e. The Morgan fingerprint density at radius 1 is 1.44 bits per heavy atom. The van der Waals surface area contributed by atoms with Crippen LogP contribution in [0.4, 0.5) is 0 Å². The van der Waals surface area contributed by atoms with Crippen LogP contribution in [0.3, 0.4) is 0 Å². The molecule has 0 radical (unpaired) electrons. The van der Waals surface area contributed by atoms with E-state index in [9.17, 15) is 8.42 Å². The van der Waals surface area contributed by atoms with Crippen molar-refractivity contribution in [3.05, 3.63) is 16.5 Å². The highest BCUT2D eigenvalue weighted by Gasteiger charge is 2.31. The van der Waals surface area contributed by atoms with Gasteiger partial charge in [-0.2, -0.15) is 4.31 Å². The number of hydrogen-bond acceptors (Lipinski definition) is 4. The van der Waals surface area contributed by atoms with Gasteiger partial charge in [-0.25, -0.2) is 8.42 Å². The lowest BCUT2D eigenvalue weighted by Crippen LogP contribution is -2.34. The lowest BCUT2D eigenvalue weighted by molar-refractivity contribution is 0.285. The Labute approximate surface area is 112 Å². The third-order valence-corrected chi connectivity index (χ3v) is 7.19. The summed E-state index contributed by atoms with van der Waals surface area (Å²) < 4.78 is 26.8. The van der Waals surface area contributed by atoms with Gasteiger partial charge in [-0.3, -0.25) is 0 Å². The number of nitrogens with zero attached hydrogens (tertiary/aromatic N) is 1. The highest BCUT2D eigenvalue weighted by atomic mass is 32.2. The van der Waals surface area contributed by atoms with Crippen molar-refractivity contribution in [2.45, 2.75) is 49.5 Å². The van der Waals surface area contributed by atoms with Gasteiger partial charge in [0.15, 0.2) is 0 Å². The van der Waals surface area contributed by atoms with Crippen molar-refractivity contribution in [1.82, 2.24) is 4.31 Å². The number of rotatable bonds is 4. The molecule has 0 unspecified atom stereocenters. The van der Waals surface area contributed by atoms with Crippen molar-refractivity contribution >= 4 is 21.4 Å². The maximum absolute atomic E-state index is 12.5. The van der Waals surface area contributed by atoms with E-state index in [2.05, 4.69) is 0 Å². The Kier molecular flexibility index (Phi) is 4.11. The Bertz CT molecular complexity index is 515. The molecule has 2 rings (SSSR count). The summed E-state index contributed by atoms with van der Waals surface area (Å²) in [6.07, 6.45) is 4.12. The number of hydrogen-bond donors (Lipinski definition) is 1. The van der Waals surface area contributed by atoms with Gasteiger partial charge in [0.25, 0.3) is 10.0 Å². The van der Waals surface area contributed by atoms with E-state index in [0.29, 0.717) is 4.21 Å². The minimum Gasteiger partial charge on any atom is -0.391 e. The number of thiophene rings is 1. The lowest BCUT2D eigenvalue weighted by Gasteiger charge is -2.22. The van der Waals surface area contributed by atoms with E-state index in [1.807, 2.05) is 6.92 Å². The molecule has 0 spiro atoms. The smallest absolute Gasteiger partial charge is 0.252 e. The van der Waals surface area contributed by atoms with E-state index in [0.717, 1.165) is 36.1 Å². The molecule has 0 bridgehead atoms. The van der Waals surface area contributed by atoms with Crippen molar-refractivity contribution < 1.29 is 13.5 Å². The van der Waals surface area contributed by atoms with Gasteiger partial charge < -0.3 is 5.11 Å². The summed E-state index contributed by atoms with van der Waals surface area (Å²) in [7, 11) is -1.73. The number of aryl methyl sites for hydroxylation is 1. The van der Waals surface area contributed by atoms with Crippen LogP contribution in [0.5, 0.6) is 0 Å². The predicted molar refractivity (Wildman–Crippen MR) is 72.2 cm³/mol. The molecular weight excluding hydrogens is 270 g/mol. The monoisotopic (exact) mass is 289 g/mol. The molecule has 0 atom stereocenters. The van der Waals surface area contributed by atoms with Crippen LogP contribution in [0.25, 0.3) is 0 Å². The molecule has 0 saturated heterocycles. The third-order valence-electron chi connectivity index (χ3n) is 3.61. The molecule has 0 aliphatic heterocycles. The standard InChI is InChI=1S/C12H19NO3S2/c1-9-7-12(17-11(9)8-14)18(15,16)13(2)10-5-3-4-6-10/h7,10,14H,3-6,8H2,1-2H3. The summed E-state index contributed by atoms with van der Waals surface area (Å²) in [6, 6.07) is 1.80. The zero-order valence-electron chi connectivity index (χ0n) is 10.7. The molecule has 4 nitrogen and oxygen atoms in total. The molecule has 1 aromatic heterocycles. The molecule has 102 valence electrons. The zero-order chi connectivity index (χ0) is 13.3. The summed E-state index contributed by atoms with van der Waals surface area (Å²) in [6.45, 7) is 1.73. The van der Waals surface area contributed by atoms with Crippen molar-refractivity contribution in [3.8, 4) is 0 Å². The van der Waals surface area contributed by atoms with Crippen LogP contribution in [0.2, 0.25) is 0 Å². The molecule has 1 aliphatic carbocycles. The first-order valence-corrected chi connectivity index (χ1v) is 8.40. The van der Waals surface area contributed by atoms with Gasteiger partial charge in [-0.05, 0) is 31.4 Å². The zero-order valence-corrected chi connectivity index (χ0v) is 12.4. The molecule has 1 fully saturated rings. The molecule has 1 aromatic rings. The second kappa shape index (κ2) is 5.28. The second-order valence-electron chi connectivity index (χ2n) is 4.79. The predicted octanol–water partition coefficient (Wildman–Crippen LogP) is 2.11. The van der Waals surface area contributed by atoms with Crippen molar-refractivity contribution in [2.24, 2.45) is 0 Å². The second-order valence-corrected chi connectivity index (χ2v) is 8.15. The molecule has 1 heterocycles. The Balaban J connectivity index is 2.28. The van der Waals surface area contributed by atoms with Crippen LogP contribution in [-0.4, -0.2) is 30.9 Å². The summed E-state index contributed by atoms with van der Waals surface area (Å²) in [5, 5.41) is 9.15. The van der Waals surface area contributed by atoms with Gasteiger partial charge in [0.2, 0.25) is 0 Å². The fourth-order valence-electron chi connectivity index (χ4n) is 2.38. The molecule has 1 aliphatic rings. The van der Waals surface area contributed by atoms with Crippen LogP contribution in [0, 0.1) is 6.92 Å². The maximum atomic E-state index is 12.5. The summed E-state index contributed by atoms with van der Waals surface area (Å²) in [5.74, 6) is 0. The summed E-state index contributed by atoms with van der Waals surface area (Å²) in [4.78, 5) is 0.730. The van der Waals surface area contributed by atoms with Gasteiger partial charge >= 0.3 is 0 Å². The topological polar surface area (TPSA) is 57.6 Å². The van der Waals surface area contributed by atoms with E-state index in [-0.39, 0.29) is 12.6 Å². The minimum absolute atomic E-state index is 0.0981. The molecule has 1 saturated carbocycles. The van der Waals surface area contributed by atoms with Crippen LogP contribution >= 0.6 is 11.3 Å². The molecular formula is C12H19NO3S2. The summed E-state index contributed by atoms with van der Waals surface area (Å²) >= 11 is 1.17. The Morgan fingerprint density at radius 2 is 2.06 bits per heavy atom. The van der Waals surface area contributed by atoms with Crippen LogP contribution in [-0.2, 0) is 16.6 Å². The Morgan fingerprint density at radius 3 is 2.56 bits per heavy atom. The average molecular weight is 289 g/mol. The first-order valence-electron chi connectivity index (χ1n) is 6.15. The molecule has 18 heavy (non-hydrogen) atoms. The SMILES string of the molecule is Cc1cc(S(=O)(=O)N(C)C2CCCC2)sc1CO. The van der Waals surface area contributed by atoms with Crippen molar-refractivity contribution in [1.29, 1.82) is 0 Å². The van der Waals surface area contributed by atoms with Crippen LogP contribution in [0.1, 0.15) is 36.1 Å². The lowest BCUT2D eigenvalue weighted by atomic mass is 10.3. The van der Waals surface area contributed by atoms with Crippen molar-refractivity contribution in [3.63, 3.8) is 0 Å². The van der Waals surface area contributed by atoms with Gasteiger partial charge in [-0.15, -0.1) is 11.3 Å². The fourth-order valence-corrected chi connectivity index (χ4v) is 5.43. The number of aliphatic hydroxyl groups is 1. The largest absolute Gasteiger partial charge is 0.391 e. The summed E-state index contributed by atoms with van der Waals surface area (Å²) in [5.41, 5.74) is 0.848. The molecule has 6 heteroatoms. The van der Waals surface area contributed by atoms with Gasteiger partial charge in [0.1, 0.15) is 4.21 Å². The number of aliphatic hydroxyl groups excluding tert-OH is 1. The van der Waals surface area contributed by atoms with Gasteiger partial charge in [0, 0.05) is 18.0 Å². The minimum atomic E-state index is -3.39. The molecule has 1 N–H and O–H groups in total. The fraction of sp³-hybridized carbons (Fsp3) is 0.667. The first kappa shape index (κ1) is 14.0. The van der Waals surface area contributed by atoms with E-state index >= 15 is 0 Å². The first-order chi connectivity index (χ1) is 8.46. The normalized spacial score (nSPS) is 17.8. The van der Waals surface area contributed by atoms with E-state index in [1.165, 1.54) is 15.6 Å². The third kappa shape index (κ3) is 2.47. The average Bonchev–Trinajstić information content (AvgIpc) is 2.96. The highest BCUT2D eigenvalue weighted by molar-refractivity contribution is 7.91. The Hall–Kier alpha value is -0.430. The highest BCUT2D eigenvalue weighted by Crippen LogP contribution is 2.32. The quantitative estimate of drug-likeness (QED) is 0.923. The molecule has 0 aromatic carbocycles. The van der Waals surface area contributed by atoms with Crippen LogP contribution in [0.15, 0.2) is 10.3 Å². The van der Waals surface area contributed by atoms with E-state index in [4.69, 9.17) is 5.11 Å². The van der Waals surface area contributed by atoms with Crippen LogP contribution < -0.4 is 0 Å². The molecule has 0 amide bonds.